The van der Waals surface area contributed by atoms with E-state index in [4.69, 9.17) is 4.74 Å². The third kappa shape index (κ3) is 2.22. The van der Waals surface area contributed by atoms with Crippen molar-refractivity contribution < 1.29 is 14.3 Å². The van der Waals surface area contributed by atoms with E-state index in [-0.39, 0.29) is 11.8 Å². The first-order valence-corrected chi connectivity index (χ1v) is 4.82. The third-order valence-electron chi connectivity index (χ3n) is 2.68. The highest BCUT2D eigenvalue weighted by Crippen LogP contribution is 2.31. The minimum atomic E-state index is -0.884. The fourth-order valence-corrected chi connectivity index (χ4v) is 1.70. The van der Waals surface area contributed by atoms with Gasteiger partial charge in [-0.1, -0.05) is 11.6 Å². The van der Waals surface area contributed by atoms with Gasteiger partial charge < -0.3 is 4.74 Å². The maximum atomic E-state index is 11.5. The number of allylic oxidation sites excluding steroid dienone is 1. The second-order valence-electron chi connectivity index (χ2n) is 3.90. The van der Waals surface area contributed by atoms with Gasteiger partial charge in [-0.3, -0.25) is 9.59 Å². The highest BCUT2D eigenvalue weighted by Gasteiger charge is 2.39. The molecule has 0 saturated heterocycles. The largest absolute Gasteiger partial charge is 0.451 e. The monoisotopic (exact) mass is 196 g/mol. The molecule has 0 fully saturated rings. The van der Waals surface area contributed by atoms with E-state index in [0.717, 1.165) is 6.42 Å². The summed E-state index contributed by atoms with van der Waals surface area (Å²) in [4.78, 5) is 22.4. The molecule has 3 nitrogen and oxygen atoms in total. The van der Waals surface area contributed by atoms with Crippen LogP contribution in [0.5, 0.6) is 0 Å². The van der Waals surface area contributed by atoms with Crippen molar-refractivity contribution in [3.05, 3.63) is 11.6 Å². The first kappa shape index (κ1) is 11.0. The molecule has 1 aliphatic carbocycles. The van der Waals surface area contributed by atoms with Crippen molar-refractivity contribution in [2.45, 2.75) is 45.6 Å². The SMILES string of the molecule is CC(=O)O[C@@]1(C(C)=O)CC=C(C)CC1. The average Bonchev–Trinajstić information content (AvgIpc) is 2.08. The van der Waals surface area contributed by atoms with Crippen molar-refractivity contribution >= 4 is 11.8 Å². The summed E-state index contributed by atoms with van der Waals surface area (Å²) in [5.41, 5.74) is 0.375. The molecule has 0 saturated carbocycles. The Morgan fingerprint density at radius 3 is 2.43 bits per heavy atom. The quantitative estimate of drug-likeness (QED) is 0.501. The number of hydrogen-bond donors (Lipinski definition) is 0. The summed E-state index contributed by atoms with van der Waals surface area (Å²) in [7, 11) is 0. The molecule has 0 aromatic heterocycles. The molecule has 1 rings (SSSR count). The smallest absolute Gasteiger partial charge is 0.303 e. The molecule has 0 amide bonds. The predicted molar refractivity (Wildman–Crippen MR) is 52.8 cm³/mol. The third-order valence-corrected chi connectivity index (χ3v) is 2.68. The molecular formula is C11H16O3. The van der Waals surface area contributed by atoms with Crippen LogP contribution >= 0.6 is 0 Å². The average molecular weight is 196 g/mol. The zero-order chi connectivity index (χ0) is 10.8. The maximum absolute atomic E-state index is 11.5. The van der Waals surface area contributed by atoms with Crippen molar-refractivity contribution in [2.75, 3.05) is 0 Å². The van der Waals surface area contributed by atoms with Crippen molar-refractivity contribution in [1.29, 1.82) is 0 Å². The van der Waals surface area contributed by atoms with Gasteiger partial charge in [-0.05, 0) is 26.7 Å². The Bertz CT molecular complexity index is 291. The Kier molecular flexibility index (Phi) is 3.09. The second-order valence-corrected chi connectivity index (χ2v) is 3.90. The predicted octanol–water partition coefficient (Wildman–Crippen LogP) is 2.01. The number of Topliss-reactive ketones (excluding diaryl/α,β-unsaturated/α-hetero) is 1. The highest BCUT2D eigenvalue weighted by atomic mass is 16.6. The van der Waals surface area contributed by atoms with Crippen LogP contribution < -0.4 is 0 Å². The van der Waals surface area contributed by atoms with Crippen molar-refractivity contribution in [1.82, 2.24) is 0 Å². The first-order chi connectivity index (χ1) is 6.46. The van der Waals surface area contributed by atoms with E-state index >= 15 is 0 Å². The van der Waals surface area contributed by atoms with Crippen molar-refractivity contribution in [3.8, 4) is 0 Å². The lowest BCUT2D eigenvalue weighted by molar-refractivity contribution is -0.165. The van der Waals surface area contributed by atoms with Crippen LogP contribution in [0.25, 0.3) is 0 Å². The van der Waals surface area contributed by atoms with Crippen LogP contribution in [0.1, 0.15) is 40.0 Å². The number of carbonyl (C=O) groups excluding carboxylic acids is 2. The van der Waals surface area contributed by atoms with Gasteiger partial charge >= 0.3 is 5.97 Å². The molecule has 0 spiro atoms. The Hall–Kier alpha value is -1.12. The molecular weight excluding hydrogens is 180 g/mol. The fourth-order valence-electron chi connectivity index (χ4n) is 1.70. The molecule has 0 aromatic carbocycles. The van der Waals surface area contributed by atoms with E-state index in [0.29, 0.717) is 12.8 Å². The Balaban J connectivity index is 2.84. The molecule has 0 radical (unpaired) electrons. The van der Waals surface area contributed by atoms with Crippen molar-refractivity contribution in [2.24, 2.45) is 0 Å². The number of rotatable bonds is 2. The van der Waals surface area contributed by atoms with Crippen LogP contribution in [-0.2, 0) is 14.3 Å². The Morgan fingerprint density at radius 2 is 2.07 bits per heavy atom. The van der Waals surface area contributed by atoms with Crippen LogP contribution in [0.2, 0.25) is 0 Å². The van der Waals surface area contributed by atoms with Gasteiger partial charge in [-0.2, -0.15) is 0 Å². The molecule has 0 bridgehead atoms. The summed E-state index contributed by atoms with van der Waals surface area (Å²) < 4.78 is 5.16. The summed E-state index contributed by atoms with van der Waals surface area (Å²) >= 11 is 0. The van der Waals surface area contributed by atoms with E-state index in [1.54, 1.807) is 0 Å². The summed E-state index contributed by atoms with van der Waals surface area (Å²) in [5, 5.41) is 0. The fraction of sp³-hybridized carbons (Fsp3) is 0.636. The number of ketones is 1. The van der Waals surface area contributed by atoms with E-state index in [9.17, 15) is 9.59 Å². The van der Waals surface area contributed by atoms with Gasteiger partial charge in [0.1, 0.15) is 0 Å². The highest BCUT2D eigenvalue weighted by molar-refractivity contribution is 5.87. The second kappa shape index (κ2) is 3.95. The zero-order valence-corrected chi connectivity index (χ0v) is 8.92. The molecule has 78 valence electrons. The molecule has 0 unspecified atom stereocenters. The lowest BCUT2D eigenvalue weighted by atomic mass is 9.83. The Morgan fingerprint density at radius 1 is 1.43 bits per heavy atom. The standard InChI is InChI=1S/C11H16O3/c1-8-4-6-11(7-5-8,9(2)12)14-10(3)13/h4H,5-7H2,1-3H3/t11-/m0/s1. The van der Waals surface area contributed by atoms with E-state index in [1.165, 1.54) is 19.4 Å². The van der Waals surface area contributed by atoms with Gasteiger partial charge in [0.05, 0.1) is 0 Å². The molecule has 1 atom stereocenters. The molecule has 0 aromatic rings. The van der Waals surface area contributed by atoms with Crippen LogP contribution in [0.15, 0.2) is 11.6 Å². The minimum absolute atomic E-state index is 0.0588. The summed E-state index contributed by atoms with van der Waals surface area (Å²) in [5.74, 6) is -0.440. The van der Waals surface area contributed by atoms with E-state index in [2.05, 4.69) is 0 Å². The first-order valence-electron chi connectivity index (χ1n) is 4.82. The van der Waals surface area contributed by atoms with Crippen molar-refractivity contribution in [3.63, 3.8) is 0 Å². The van der Waals surface area contributed by atoms with Crippen LogP contribution in [-0.4, -0.2) is 17.4 Å². The normalized spacial score (nSPS) is 26.6. The van der Waals surface area contributed by atoms with Crippen LogP contribution in [0.4, 0.5) is 0 Å². The number of ether oxygens (including phenoxy) is 1. The van der Waals surface area contributed by atoms with Gasteiger partial charge in [-0.15, -0.1) is 0 Å². The zero-order valence-electron chi connectivity index (χ0n) is 8.92. The summed E-state index contributed by atoms with van der Waals surface area (Å²) in [6, 6.07) is 0. The molecule has 3 heteroatoms. The van der Waals surface area contributed by atoms with Crippen LogP contribution in [0.3, 0.4) is 0 Å². The molecule has 0 N–H and O–H groups in total. The van der Waals surface area contributed by atoms with Gasteiger partial charge in [0.15, 0.2) is 11.4 Å². The number of carbonyl (C=O) groups is 2. The molecule has 0 heterocycles. The molecule has 14 heavy (non-hydrogen) atoms. The maximum Gasteiger partial charge on any atom is 0.303 e. The lowest BCUT2D eigenvalue weighted by Gasteiger charge is -2.32. The van der Waals surface area contributed by atoms with Gasteiger partial charge in [-0.25, -0.2) is 0 Å². The number of esters is 1. The summed E-state index contributed by atoms with van der Waals surface area (Å²) in [6.07, 6.45) is 3.94. The number of hydrogen-bond acceptors (Lipinski definition) is 3. The van der Waals surface area contributed by atoms with Gasteiger partial charge in [0.2, 0.25) is 0 Å². The van der Waals surface area contributed by atoms with Gasteiger partial charge in [0, 0.05) is 13.3 Å². The minimum Gasteiger partial charge on any atom is -0.451 e. The summed E-state index contributed by atoms with van der Waals surface area (Å²) in [6.45, 7) is 4.85. The lowest BCUT2D eigenvalue weighted by Crippen LogP contribution is -2.42. The molecule has 0 aliphatic heterocycles. The van der Waals surface area contributed by atoms with E-state index in [1.807, 2.05) is 13.0 Å². The van der Waals surface area contributed by atoms with Gasteiger partial charge in [0.25, 0.3) is 0 Å². The topological polar surface area (TPSA) is 43.4 Å². The van der Waals surface area contributed by atoms with E-state index < -0.39 is 5.60 Å². The molecule has 1 aliphatic rings. The Labute approximate surface area is 84.1 Å². The van der Waals surface area contributed by atoms with Crippen LogP contribution in [0, 0.1) is 0 Å².